The van der Waals surface area contributed by atoms with Crippen molar-refractivity contribution in [3.05, 3.63) is 63.3 Å². The van der Waals surface area contributed by atoms with Gasteiger partial charge in [0.15, 0.2) is 0 Å². The summed E-state index contributed by atoms with van der Waals surface area (Å²) in [6.07, 6.45) is 1.56. The van der Waals surface area contributed by atoms with E-state index in [9.17, 15) is 4.79 Å². The average Bonchev–Trinajstić information content (AvgIpc) is 2.67. The van der Waals surface area contributed by atoms with Gasteiger partial charge in [0.25, 0.3) is 0 Å². The van der Waals surface area contributed by atoms with Gasteiger partial charge in [-0.2, -0.15) is 0 Å². The SMILES string of the molecule is CN1c2ccccc2N=Cc2c1oc1ccc(Cl)cc1c2=O. The molecule has 1 aliphatic rings. The van der Waals surface area contributed by atoms with Crippen molar-refractivity contribution in [1.29, 1.82) is 0 Å². The van der Waals surface area contributed by atoms with Crippen molar-refractivity contribution in [3.8, 4) is 0 Å². The molecule has 22 heavy (non-hydrogen) atoms. The van der Waals surface area contributed by atoms with Crippen molar-refractivity contribution >= 4 is 46.0 Å². The maximum Gasteiger partial charge on any atom is 0.213 e. The highest BCUT2D eigenvalue weighted by atomic mass is 35.5. The number of para-hydroxylation sites is 2. The van der Waals surface area contributed by atoms with Crippen LogP contribution in [0.5, 0.6) is 0 Å². The Bertz CT molecular complexity index is 992. The minimum Gasteiger partial charge on any atom is -0.439 e. The molecule has 3 aromatic rings. The average molecular weight is 311 g/mol. The number of halogens is 1. The Balaban J connectivity index is 2.09. The van der Waals surface area contributed by atoms with Gasteiger partial charge < -0.3 is 9.32 Å². The Morgan fingerprint density at radius 1 is 1.18 bits per heavy atom. The fourth-order valence-electron chi connectivity index (χ4n) is 2.63. The van der Waals surface area contributed by atoms with Crippen LogP contribution in [0.1, 0.15) is 5.56 Å². The predicted octanol–water partition coefficient (Wildman–Crippen LogP) is 4.28. The third-order valence-corrected chi connectivity index (χ3v) is 3.98. The monoisotopic (exact) mass is 310 g/mol. The van der Waals surface area contributed by atoms with Gasteiger partial charge in [-0.05, 0) is 30.3 Å². The van der Waals surface area contributed by atoms with E-state index in [0.717, 1.165) is 11.4 Å². The molecule has 0 aliphatic carbocycles. The number of hydrogen-bond donors (Lipinski definition) is 0. The van der Waals surface area contributed by atoms with Gasteiger partial charge in [-0.25, -0.2) is 0 Å². The normalized spacial score (nSPS) is 12.9. The predicted molar refractivity (Wildman–Crippen MR) is 89.3 cm³/mol. The summed E-state index contributed by atoms with van der Waals surface area (Å²) in [6, 6.07) is 12.7. The summed E-state index contributed by atoms with van der Waals surface area (Å²) in [5, 5.41) is 0.957. The fourth-order valence-corrected chi connectivity index (χ4v) is 2.81. The summed E-state index contributed by atoms with van der Waals surface area (Å²) in [5.74, 6) is 0.480. The molecule has 2 aromatic carbocycles. The number of nitrogens with zero attached hydrogens (tertiary/aromatic N) is 2. The molecule has 108 valence electrons. The van der Waals surface area contributed by atoms with Crippen LogP contribution in [0.4, 0.5) is 17.3 Å². The van der Waals surface area contributed by atoms with Crippen LogP contribution in [-0.4, -0.2) is 13.3 Å². The molecule has 0 radical (unpaired) electrons. The second kappa shape index (κ2) is 4.71. The van der Waals surface area contributed by atoms with Crippen molar-refractivity contribution in [2.45, 2.75) is 0 Å². The Labute approximate surface area is 131 Å². The number of hydrogen-bond acceptors (Lipinski definition) is 4. The number of benzene rings is 2. The van der Waals surface area contributed by atoms with Crippen LogP contribution in [0.2, 0.25) is 5.02 Å². The van der Waals surface area contributed by atoms with Gasteiger partial charge in [-0.15, -0.1) is 0 Å². The van der Waals surface area contributed by atoms with Gasteiger partial charge in [0.1, 0.15) is 11.1 Å². The number of anilines is 2. The molecule has 0 unspecified atom stereocenters. The van der Waals surface area contributed by atoms with Crippen LogP contribution in [-0.2, 0) is 0 Å². The van der Waals surface area contributed by atoms with E-state index in [0.29, 0.717) is 27.4 Å². The van der Waals surface area contributed by atoms with E-state index in [-0.39, 0.29) is 5.43 Å². The van der Waals surface area contributed by atoms with Crippen LogP contribution in [0, 0.1) is 0 Å². The summed E-state index contributed by atoms with van der Waals surface area (Å²) in [5.41, 5.74) is 2.47. The van der Waals surface area contributed by atoms with E-state index in [1.807, 2.05) is 36.2 Å². The molecule has 0 amide bonds. The van der Waals surface area contributed by atoms with Gasteiger partial charge >= 0.3 is 0 Å². The van der Waals surface area contributed by atoms with E-state index in [1.54, 1.807) is 24.4 Å². The molecule has 0 N–H and O–H groups in total. The third kappa shape index (κ3) is 1.84. The summed E-state index contributed by atoms with van der Waals surface area (Å²) in [6.45, 7) is 0. The highest BCUT2D eigenvalue weighted by molar-refractivity contribution is 6.31. The first-order valence-corrected chi connectivity index (χ1v) is 7.16. The lowest BCUT2D eigenvalue weighted by atomic mass is 10.1. The molecular weight excluding hydrogens is 300 g/mol. The van der Waals surface area contributed by atoms with Crippen LogP contribution in [0.25, 0.3) is 11.0 Å². The smallest absolute Gasteiger partial charge is 0.213 e. The van der Waals surface area contributed by atoms with Crippen molar-refractivity contribution < 1.29 is 4.42 Å². The largest absolute Gasteiger partial charge is 0.439 e. The maximum atomic E-state index is 12.7. The summed E-state index contributed by atoms with van der Waals surface area (Å²) >= 11 is 5.98. The molecule has 4 rings (SSSR count). The third-order valence-electron chi connectivity index (χ3n) is 3.75. The Kier molecular flexibility index (Phi) is 2.81. The number of aliphatic imine (C=N–C) groups is 1. The molecule has 2 heterocycles. The first-order chi connectivity index (χ1) is 10.6. The minimum atomic E-state index is -0.137. The number of fused-ring (bicyclic) bond motifs is 3. The van der Waals surface area contributed by atoms with Crippen molar-refractivity contribution in [3.63, 3.8) is 0 Å². The fraction of sp³-hybridized carbons (Fsp3) is 0.0588. The Morgan fingerprint density at radius 2 is 2.00 bits per heavy atom. The van der Waals surface area contributed by atoms with Gasteiger partial charge in [-0.1, -0.05) is 23.7 Å². The molecular formula is C17H11ClN2O2. The van der Waals surface area contributed by atoms with E-state index in [4.69, 9.17) is 16.0 Å². The zero-order valence-electron chi connectivity index (χ0n) is 11.7. The highest BCUT2D eigenvalue weighted by Crippen LogP contribution is 2.37. The molecule has 0 saturated heterocycles. The zero-order chi connectivity index (χ0) is 15.3. The van der Waals surface area contributed by atoms with Gasteiger partial charge in [0.2, 0.25) is 11.3 Å². The molecule has 0 atom stereocenters. The van der Waals surface area contributed by atoms with Gasteiger partial charge in [0.05, 0.1) is 16.8 Å². The van der Waals surface area contributed by atoms with E-state index in [1.165, 1.54) is 0 Å². The standard InChI is InChI=1S/C17H11ClN2O2/c1-20-14-5-3-2-4-13(14)19-9-12-16(21)11-8-10(18)6-7-15(11)22-17(12)20/h2-9H,1H3. The molecule has 4 nitrogen and oxygen atoms in total. The topological polar surface area (TPSA) is 45.8 Å². The van der Waals surface area contributed by atoms with Crippen LogP contribution in [0.3, 0.4) is 0 Å². The van der Waals surface area contributed by atoms with Crippen molar-refractivity contribution in [2.75, 3.05) is 11.9 Å². The molecule has 0 spiro atoms. The van der Waals surface area contributed by atoms with Crippen molar-refractivity contribution in [1.82, 2.24) is 0 Å². The van der Waals surface area contributed by atoms with Gasteiger partial charge in [0, 0.05) is 18.3 Å². The second-order valence-electron chi connectivity index (χ2n) is 5.10. The van der Waals surface area contributed by atoms with E-state index >= 15 is 0 Å². The Morgan fingerprint density at radius 3 is 2.86 bits per heavy atom. The lowest BCUT2D eigenvalue weighted by Crippen LogP contribution is -2.17. The lowest BCUT2D eigenvalue weighted by Gasteiger charge is -2.19. The van der Waals surface area contributed by atoms with Crippen LogP contribution in [0.15, 0.2) is 56.7 Å². The molecule has 0 saturated carbocycles. The second-order valence-corrected chi connectivity index (χ2v) is 5.53. The van der Waals surface area contributed by atoms with Gasteiger partial charge in [-0.3, -0.25) is 9.79 Å². The van der Waals surface area contributed by atoms with E-state index < -0.39 is 0 Å². The van der Waals surface area contributed by atoms with Crippen LogP contribution >= 0.6 is 11.6 Å². The minimum absolute atomic E-state index is 0.137. The first-order valence-electron chi connectivity index (χ1n) is 6.78. The molecule has 1 aliphatic heterocycles. The highest BCUT2D eigenvalue weighted by Gasteiger charge is 2.21. The quantitative estimate of drug-likeness (QED) is 0.622. The zero-order valence-corrected chi connectivity index (χ0v) is 12.5. The summed E-state index contributed by atoms with van der Waals surface area (Å²) in [7, 11) is 1.86. The summed E-state index contributed by atoms with van der Waals surface area (Å²) < 4.78 is 5.95. The first kappa shape index (κ1) is 13.1. The lowest BCUT2D eigenvalue weighted by molar-refractivity contribution is 0.603. The molecule has 0 fully saturated rings. The Hall–Kier alpha value is -2.59. The molecule has 1 aromatic heterocycles. The van der Waals surface area contributed by atoms with Crippen LogP contribution < -0.4 is 10.3 Å². The van der Waals surface area contributed by atoms with E-state index in [2.05, 4.69) is 4.99 Å². The maximum absolute atomic E-state index is 12.7. The summed E-state index contributed by atoms with van der Waals surface area (Å²) in [4.78, 5) is 19.0. The molecule has 5 heteroatoms. The number of rotatable bonds is 0. The van der Waals surface area contributed by atoms with Crippen molar-refractivity contribution in [2.24, 2.45) is 4.99 Å². The molecule has 0 bridgehead atoms.